The van der Waals surface area contributed by atoms with Gasteiger partial charge in [0.15, 0.2) is 0 Å². The molecule has 0 saturated carbocycles. The van der Waals surface area contributed by atoms with Crippen LogP contribution in [0.5, 0.6) is 0 Å². The summed E-state index contributed by atoms with van der Waals surface area (Å²) in [6.45, 7) is 2.35. The lowest BCUT2D eigenvalue weighted by Crippen LogP contribution is -2.22. The van der Waals surface area contributed by atoms with Crippen molar-refractivity contribution < 1.29 is 4.42 Å². The molecule has 1 aliphatic carbocycles. The first kappa shape index (κ1) is 32.3. The van der Waals surface area contributed by atoms with E-state index in [1.54, 1.807) is 0 Å². The fourth-order valence-electron chi connectivity index (χ4n) is 9.10. The van der Waals surface area contributed by atoms with Crippen LogP contribution in [0.2, 0.25) is 0 Å². The highest BCUT2D eigenvalue weighted by Crippen LogP contribution is 2.52. The van der Waals surface area contributed by atoms with E-state index in [9.17, 15) is 0 Å². The van der Waals surface area contributed by atoms with Gasteiger partial charge in [-0.15, -0.1) is 0 Å². The minimum absolute atomic E-state index is 0.258. The van der Waals surface area contributed by atoms with Gasteiger partial charge in [0, 0.05) is 32.9 Å². The number of nitrogens with zero attached hydrogens (tertiary/aromatic N) is 1. The highest BCUT2D eigenvalue weighted by atomic mass is 16.3. The molecule has 1 aromatic heterocycles. The third-order valence-electron chi connectivity index (χ3n) is 12.0. The Morgan fingerprint density at radius 2 is 0.964 bits per heavy atom. The van der Waals surface area contributed by atoms with E-state index in [4.69, 9.17) is 4.42 Å². The summed E-state index contributed by atoms with van der Waals surface area (Å²) >= 11 is 0. The maximum atomic E-state index is 6.54. The molecule has 0 atom stereocenters. The molecule has 0 aliphatic heterocycles. The van der Waals surface area contributed by atoms with Crippen LogP contribution in [0, 0.1) is 0 Å². The lowest BCUT2D eigenvalue weighted by Gasteiger charge is -2.28. The molecule has 0 saturated heterocycles. The molecule has 1 heterocycles. The van der Waals surface area contributed by atoms with Crippen molar-refractivity contribution in [2.24, 2.45) is 0 Å². The summed E-state index contributed by atoms with van der Waals surface area (Å²) in [6, 6.07) is 74.6. The Balaban J connectivity index is 0.901. The molecule has 0 N–H and O–H groups in total. The summed E-state index contributed by atoms with van der Waals surface area (Å²) in [5.74, 6) is 0. The molecule has 0 radical (unpaired) electrons. The number of benzene rings is 9. The van der Waals surface area contributed by atoms with Crippen LogP contribution in [0.4, 0.5) is 17.1 Å². The van der Waals surface area contributed by atoms with E-state index in [0.717, 1.165) is 39.0 Å². The number of furan rings is 1. The van der Waals surface area contributed by atoms with Crippen molar-refractivity contribution >= 4 is 49.8 Å². The molecule has 1 aliphatic rings. The maximum Gasteiger partial charge on any atom is 0.135 e. The van der Waals surface area contributed by atoms with Crippen molar-refractivity contribution in [3.63, 3.8) is 0 Å². The monoisotopic (exact) mass is 715 g/mol. The van der Waals surface area contributed by atoms with Crippen molar-refractivity contribution in [2.75, 3.05) is 4.90 Å². The van der Waals surface area contributed by atoms with Crippen LogP contribution in [-0.4, -0.2) is 0 Å². The topological polar surface area (TPSA) is 16.4 Å². The summed E-state index contributed by atoms with van der Waals surface area (Å²) in [7, 11) is 0. The number of para-hydroxylation sites is 1. The third kappa shape index (κ3) is 5.03. The van der Waals surface area contributed by atoms with Gasteiger partial charge in [-0.2, -0.15) is 0 Å². The fraction of sp³-hybridized carbons (Fsp3) is 0.0370. The average molecular weight is 716 g/mol. The van der Waals surface area contributed by atoms with Crippen LogP contribution in [0.15, 0.2) is 211 Å². The molecule has 0 spiro atoms. The van der Waals surface area contributed by atoms with E-state index >= 15 is 0 Å². The molecule has 0 fully saturated rings. The predicted molar refractivity (Wildman–Crippen MR) is 234 cm³/mol. The number of rotatable bonds is 6. The van der Waals surface area contributed by atoms with Crippen LogP contribution in [-0.2, 0) is 5.41 Å². The van der Waals surface area contributed by atoms with Gasteiger partial charge in [0.25, 0.3) is 0 Å². The van der Waals surface area contributed by atoms with Gasteiger partial charge in [-0.1, -0.05) is 158 Å². The Kier molecular flexibility index (Phi) is 7.33. The van der Waals surface area contributed by atoms with Crippen molar-refractivity contribution in [1.82, 2.24) is 0 Å². The Bertz CT molecular complexity index is 3030. The Labute approximate surface area is 326 Å². The largest absolute Gasteiger partial charge is 0.456 e. The number of hydrogen-bond donors (Lipinski definition) is 0. The molecule has 2 nitrogen and oxygen atoms in total. The second-order valence-electron chi connectivity index (χ2n) is 15.0. The first-order valence-electron chi connectivity index (χ1n) is 19.3. The molecule has 56 heavy (non-hydrogen) atoms. The third-order valence-corrected chi connectivity index (χ3v) is 12.0. The van der Waals surface area contributed by atoms with Crippen molar-refractivity contribution in [2.45, 2.75) is 12.3 Å². The number of hydrogen-bond acceptors (Lipinski definition) is 2. The van der Waals surface area contributed by atoms with Gasteiger partial charge < -0.3 is 9.32 Å². The van der Waals surface area contributed by atoms with Gasteiger partial charge in [0.1, 0.15) is 11.2 Å². The lowest BCUT2D eigenvalue weighted by molar-refractivity contribution is 0.662. The molecule has 264 valence electrons. The highest BCUT2D eigenvalue weighted by molar-refractivity contribution is 6.07. The summed E-state index contributed by atoms with van der Waals surface area (Å²) in [5.41, 5.74) is 16.2. The van der Waals surface area contributed by atoms with E-state index < -0.39 is 0 Å². The van der Waals surface area contributed by atoms with Crippen molar-refractivity contribution in [1.29, 1.82) is 0 Å². The minimum Gasteiger partial charge on any atom is -0.456 e. The Morgan fingerprint density at radius 1 is 0.393 bits per heavy atom. The second-order valence-corrected chi connectivity index (χ2v) is 15.0. The molecule has 0 bridgehead atoms. The SMILES string of the molecule is CC1(c2ccc3c(c2)oc2ccc(-c4ccc(-c5ccc(N(c6ccccc6)c6cccc7ccccc67)cc5)cc4)cc23)c2ccccc2-c2ccccc21. The van der Waals surface area contributed by atoms with E-state index in [1.165, 1.54) is 60.8 Å². The van der Waals surface area contributed by atoms with Crippen LogP contribution in [0.1, 0.15) is 23.6 Å². The maximum absolute atomic E-state index is 6.54. The first-order valence-corrected chi connectivity index (χ1v) is 19.3. The van der Waals surface area contributed by atoms with Crippen molar-refractivity contribution in [3.8, 4) is 33.4 Å². The van der Waals surface area contributed by atoms with Gasteiger partial charge in [-0.3, -0.25) is 0 Å². The van der Waals surface area contributed by atoms with Gasteiger partial charge in [0.2, 0.25) is 0 Å². The molecule has 10 aromatic rings. The molecule has 11 rings (SSSR count). The Morgan fingerprint density at radius 3 is 1.70 bits per heavy atom. The van der Waals surface area contributed by atoms with E-state index in [1.807, 2.05) is 0 Å². The average Bonchev–Trinajstić information content (AvgIpc) is 3.77. The van der Waals surface area contributed by atoms with Crippen LogP contribution in [0.3, 0.4) is 0 Å². The number of anilines is 3. The van der Waals surface area contributed by atoms with Crippen LogP contribution in [0.25, 0.3) is 66.1 Å². The normalized spacial score (nSPS) is 12.9. The summed E-state index contributed by atoms with van der Waals surface area (Å²) in [6.07, 6.45) is 0. The first-order chi connectivity index (χ1) is 27.6. The molecule has 2 heteroatoms. The summed E-state index contributed by atoms with van der Waals surface area (Å²) in [5, 5.41) is 4.72. The summed E-state index contributed by atoms with van der Waals surface area (Å²) < 4.78 is 6.54. The summed E-state index contributed by atoms with van der Waals surface area (Å²) in [4.78, 5) is 2.35. The number of fused-ring (bicyclic) bond motifs is 7. The zero-order chi connectivity index (χ0) is 37.2. The van der Waals surface area contributed by atoms with E-state index in [0.29, 0.717) is 0 Å². The van der Waals surface area contributed by atoms with Gasteiger partial charge in [-0.25, -0.2) is 0 Å². The Hall–Kier alpha value is -7.16. The fourth-order valence-corrected chi connectivity index (χ4v) is 9.10. The zero-order valence-corrected chi connectivity index (χ0v) is 31.0. The van der Waals surface area contributed by atoms with Crippen molar-refractivity contribution in [3.05, 3.63) is 223 Å². The zero-order valence-electron chi connectivity index (χ0n) is 31.0. The molecular formula is C54H37NO. The van der Waals surface area contributed by atoms with Gasteiger partial charge in [0.05, 0.1) is 5.69 Å². The second kappa shape index (κ2) is 12.7. The standard InChI is InChI=1S/C54H37NO/c1-54(49-19-9-7-17-45(49)46-18-8-10-20-50(46)54)41-29-32-47-48-34-40(28-33-52(48)56-53(47)35-41)38-24-22-36(23-25-38)37-26-30-43(31-27-37)55(42-14-3-2-4-15-42)51-21-11-13-39-12-5-6-16-44(39)51/h2-35H,1H3. The van der Waals surface area contributed by atoms with Crippen LogP contribution < -0.4 is 4.90 Å². The highest BCUT2D eigenvalue weighted by Gasteiger charge is 2.40. The molecule has 9 aromatic carbocycles. The quantitative estimate of drug-likeness (QED) is 0.170. The van der Waals surface area contributed by atoms with E-state index in [2.05, 4.69) is 218 Å². The molecular weight excluding hydrogens is 679 g/mol. The van der Waals surface area contributed by atoms with Crippen LogP contribution >= 0.6 is 0 Å². The minimum atomic E-state index is -0.258. The predicted octanol–water partition coefficient (Wildman–Crippen LogP) is 14.9. The molecule has 0 amide bonds. The lowest BCUT2D eigenvalue weighted by atomic mass is 9.74. The smallest absolute Gasteiger partial charge is 0.135 e. The van der Waals surface area contributed by atoms with E-state index in [-0.39, 0.29) is 5.41 Å². The molecule has 0 unspecified atom stereocenters. The van der Waals surface area contributed by atoms with Gasteiger partial charge in [-0.05, 0) is 111 Å². The van der Waals surface area contributed by atoms with Gasteiger partial charge >= 0.3 is 0 Å².